The highest BCUT2D eigenvalue weighted by Crippen LogP contribution is 2.44. The fraction of sp³-hybridized carbons (Fsp3) is 0.375. The first-order valence-corrected chi connectivity index (χ1v) is 6.47. The molecule has 1 aliphatic carbocycles. The van der Waals surface area contributed by atoms with Gasteiger partial charge in [-0.05, 0) is 41.3 Å². The number of rotatable bonds is 3. The summed E-state index contributed by atoms with van der Waals surface area (Å²) in [6.45, 7) is 0.259. The first kappa shape index (κ1) is 11.5. The molecule has 1 N–H and O–H groups in total. The van der Waals surface area contributed by atoms with Crippen LogP contribution in [0.3, 0.4) is 0 Å². The zero-order chi connectivity index (χ0) is 12.6. The van der Waals surface area contributed by atoms with Crippen LogP contribution in [0, 0.1) is 0 Å². The number of hydrogen-bond donors (Lipinski definition) is 1. The Morgan fingerprint density at radius 3 is 2.44 bits per heavy atom. The van der Waals surface area contributed by atoms with Crippen LogP contribution in [-0.2, 0) is 5.41 Å². The summed E-state index contributed by atoms with van der Waals surface area (Å²) in [7, 11) is 1.69. The molecule has 0 bridgehead atoms. The third kappa shape index (κ3) is 1.68. The lowest BCUT2D eigenvalue weighted by atomic mass is 9.65. The van der Waals surface area contributed by atoms with E-state index in [1.165, 1.54) is 22.8 Å². The summed E-state index contributed by atoms with van der Waals surface area (Å²) in [5, 5.41) is 12.0. The maximum absolute atomic E-state index is 9.62. The molecule has 94 valence electrons. The molecule has 2 aromatic rings. The van der Waals surface area contributed by atoms with E-state index in [1.54, 1.807) is 7.11 Å². The van der Waals surface area contributed by atoms with Gasteiger partial charge in [-0.1, -0.05) is 30.7 Å². The van der Waals surface area contributed by atoms with Crippen molar-refractivity contribution in [2.75, 3.05) is 13.7 Å². The van der Waals surface area contributed by atoms with Crippen LogP contribution < -0.4 is 4.74 Å². The Kier molecular flexibility index (Phi) is 2.75. The number of fused-ring (bicyclic) bond motifs is 1. The van der Waals surface area contributed by atoms with E-state index in [-0.39, 0.29) is 12.0 Å². The first-order valence-electron chi connectivity index (χ1n) is 6.47. The maximum Gasteiger partial charge on any atom is 0.119 e. The molecule has 1 aliphatic rings. The molecule has 3 rings (SSSR count). The van der Waals surface area contributed by atoms with Crippen molar-refractivity contribution in [3.8, 4) is 5.75 Å². The van der Waals surface area contributed by atoms with Crippen molar-refractivity contribution in [1.29, 1.82) is 0 Å². The Morgan fingerprint density at radius 2 is 1.83 bits per heavy atom. The van der Waals surface area contributed by atoms with Gasteiger partial charge in [-0.25, -0.2) is 0 Å². The molecule has 0 spiro atoms. The minimum absolute atomic E-state index is 0.0219. The Hall–Kier alpha value is -1.54. The number of hydrogen-bond acceptors (Lipinski definition) is 2. The molecular weight excluding hydrogens is 224 g/mol. The van der Waals surface area contributed by atoms with E-state index in [0.717, 1.165) is 18.6 Å². The molecule has 0 radical (unpaired) electrons. The van der Waals surface area contributed by atoms with Crippen molar-refractivity contribution in [3.63, 3.8) is 0 Å². The lowest BCUT2D eigenvalue weighted by molar-refractivity contribution is 0.120. The van der Waals surface area contributed by atoms with E-state index < -0.39 is 0 Å². The zero-order valence-electron chi connectivity index (χ0n) is 10.6. The fourth-order valence-corrected chi connectivity index (χ4v) is 2.82. The summed E-state index contributed by atoms with van der Waals surface area (Å²) < 4.78 is 5.23. The highest BCUT2D eigenvalue weighted by molar-refractivity contribution is 5.84. The van der Waals surface area contributed by atoms with Crippen LogP contribution in [0.2, 0.25) is 0 Å². The average molecular weight is 242 g/mol. The molecule has 2 nitrogen and oxygen atoms in total. The highest BCUT2D eigenvalue weighted by atomic mass is 16.5. The molecule has 0 atom stereocenters. The molecular formula is C16H18O2. The summed E-state index contributed by atoms with van der Waals surface area (Å²) >= 11 is 0. The number of benzene rings is 2. The second kappa shape index (κ2) is 4.29. The Balaban J connectivity index is 2.06. The lowest BCUT2D eigenvalue weighted by Gasteiger charge is -2.41. The number of aliphatic hydroxyl groups excluding tert-OH is 1. The Labute approximate surface area is 107 Å². The molecule has 18 heavy (non-hydrogen) atoms. The van der Waals surface area contributed by atoms with Crippen LogP contribution in [0.25, 0.3) is 10.8 Å². The van der Waals surface area contributed by atoms with Crippen molar-refractivity contribution < 1.29 is 9.84 Å². The maximum atomic E-state index is 9.62. The van der Waals surface area contributed by atoms with E-state index >= 15 is 0 Å². The van der Waals surface area contributed by atoms with E-state index in [9.17, 15) is 5.11 Å². The van der Waals surface area contributed by atoms with Crippen molar-refractivity contribution in [2.45, 2.75) is 24.7 Å². The van der Waals surface area contributed by atoms with Gasteiger partial charge in [0.25, 0.3) is 0 Å². The Morgan fingerprint density at radius 1 is 1.11 bits per heavy atom. The molecule has 0 amide bonds. The van der Waals surface area contributed by atoms with Gasteiger partial charge in [-0.3, -0.25) is 0 Å². The fourth-order valence-electron chi connectivity index (χ4n) is 2.82. The van der Waals surface area contributed by atoms with Crippen LogP contribution in [0.15, 0.2) is 36.4 Å². The largest absolute Gasteiger partial charge is 0.497 e. The lowest BCUT2D eigenvalue weighted by Crippen LogP contribution is -2.37. The van der Waals surface area contributed by atoms with Gasteiger partial charge in [-0.2, -0.15) is 0 Å². The molecule has 0 saturated heterocycles. The minimum Gasteiger partial charge on any atom is -0.497 e. The monoisotopic (exact) mass is 242 g/mol. The molecule has 0 heterocycles. The van der Waals surface area contributed by atoms with Crippen LogP contribution in [0.4, 0.5) is 0 Å². The standard InChI is InChI=1S/C16H18O2/c1-18-15-6-4-12-9-14(5-3-13(12)10-15)16(11-17)7-2-8-16/h3-6,9-10,17H,2,7-8,11H2,1H3. The zero-order valence-corrected chi connectivity index (χ0v) is 10.6. The predicted molar refractivity (Wildman–Crippen MR) is 73.1 cm³/mol. The van der Waals surface area contributed by atoms with Gasteiger partial charge < -0.3 is 9.84 Å². The third-order valence-corrected chi connectivity index (χ3v) is 4.27. The normalized spacial score (nSPS) is 17.4. The number of ether oxygens (including phenoxy) is 1. The van der Waals surface area contributed by atoms with Crippen LogP contribution in [-0.4, -0.2) is 18.8 Å². The highest BCUT2D eigenvalue weighted by Gasteiger charge is 2.37. The molecule has 0 aliphatic heterocycles. The summed E-state index contributed by atoms with van der Waals surface area (Å²) in [6, 6.07) is 12.6. The van der Waals surface area contributed by atoms with E-state index in [0.29, 0.717) is 0 Å². The minimum atomic E-state index is 0.0219. The molecule has 0 aromatic heterocycles. The van der Waals surface area contributed by atoms with Gasteiger partial charge in [0.05, 0.1) is 13.7 Å². The summed E-state index contributed by atoms with van der Waals surface area (Å²) in [5.41, 5.74) is 1.29. The molecule has 2 heteroatoms. The van der Waals surface area contributed by atoms with Gasteiger partial charge in [-0.15, -0.1) is 0 Å². The average Bonchev–Trinajstić information content (AvgIpc) is 2.37. The first-order chi connectivity index (χ1) is 8.77. The van der Waals surface area contributed by atoms with Crippen molar-refractivity contribution in [3.05, 3.63) is 42.0 Å². The van der Waals surface area contributed by atoms with Crippen LogP contribution in [0.1, 0.15) is 24.8 Å². The van der Waals surface area contributed by atoms with Crippen molar-refractivity contribution in [2.24, 2.45) is 0 Å². The SMILES string of the molecule is COc1ccc2cc(C3(CO)CCC3)ccc2c1. The second-order valence-corrected chi connectivity index (χ2v) is 5.22. The molecule has 1 fully saturated rings. The molecule has 2 aromatic carbocycles. The number of methoxy groups -OCH3 is 1. The van der Waals surface area contributed by atoms with Crippen molar-refractivity contribution in [1.82, 2.24) is 0 Å². The predicted octanol–water partition coefficient (Wildman–Crippen LogP) is 3.26. The second-order valence-electron chi connectivity index (χ2n) is 5.22. The molecule has 0 unspecified atom stereocenters. The smallest absolute Gasteiger partial charge is 0.119 e. The topological polar surface area (TPSA) is 29.5 Å². The van der Waals surface area contributed by atoms with Crippen molar-refractivity contribution >= 4 is 10.8 Å². The summed E-state index contributed by atoms with van der Waals surface area (Å²) in [4.78, 5) is 0. The summed E-state index contributed by atoms with van der Waals surface area (Å²) in [6.07, 6.45) is 3.43. The van der Waals surface area contributed by atoms with Gasteiger partial charge in [0.2, 0.25) is 0 Å². The molecule has 1 saturated carbocycles. The van der Waals surface area contributed by atoms with Gasteiger partial charge in [0.15, 0.2) is 0 Å². The van der Waals surface area contributed by atoms with Gasteiger partial charge in [0, 0.05) is 5.41 Å². The van der Waals surface area contributed by atoms with Crippen LogP contribution in [0.5, 0.6) is 5.75 Å². The van der Waals surface area contributed by atoms with E-state index in [2.05, 4.69) is 24.3 Å². The van der Waals surface area contributed by atoms with Gasteiger partial charge >= 0.3 is 0 Å². The number of aliphatic hydroxyl groups is 1. The van der Waals surface area contributed by atoms with E-state index in [4.69, 9.17) is 4.74 Å². The Bertz CT molecular complexity index is 565. The van der Waals surface area contributed by atoms with Gasteiger partial charge in [0.1, 0.15) is 5.75 Å². The summed E-state index contributed by atoms with van der Waals surface area (Å²) in [5.74, 6) is 0.885. The quantitative estimate of drug-likeness (QED) is 0.895. The third-order valence-electron chi connectivity index (χ3n) is 4.27. The van der Waals surface area contributed by atoms with Crippen LogP contribution >= 0.6 is 0 Å². The van der Waals surface area contributed by atoms with E-state index in [1.807, 2.05) is 12.1 Å².